The Kier molecular flexibility index (Phi) is 4.14. The molecule has 1 atom stereocenters. The van der Waals surface area contributed by atoms with E-state index in [1.165, 1.54) is 6.26 Å². The number of amides is 1. The summed E-state index contributed by atoms with van der Waals surface area (Å²) in [6.07, 6.45) is 3.53. The van der Waals surface area contributed by atoms with Crippen LogP contribution in [0.1, 0.15) is 25.8 Å². The molecule has 0 aliphatic rings. The first-order valence-corrected chi connectivity index (χ1v) is 5.32. The quantitative estimate of drug-likeness (QED) is 0.309. The Morgan fingerprint density at radius 2 is 2.41 bits per heavy atom. The lowest BCUT2D eigenvalue weighted by atomic mass is 9.85. The van der Waals surface area contributed by atoms with E-state index >= 15 is 0 Å². The van der Waals surface area contributed by atoms with Crippen LogP contribution in [0.2, 0.25) is 0 Å². The van der Waals surface area contributed by atoms with Crippen LogP contribution in [0, 0.1) is 5.41 Å². The second kappa shape index (κ2) is 5.38. The number of hydrogen-bond acceptors (Lipinski definition) is 4. The van der Waals surface area contributed by atoms with Crippen LogP contribution in [-0.4, -0.2) is 17.0 Å². The van der Waals surface area contributed by atoms with Gasteiger partial charge in [-0.15, -0.1) is 0 Å². The predicted octanol–water partition coefficient (Wildman–Crippen LogP) is 1.06. The highest BCUT2D eigenvalue weighted by atomic mass is 16.4. The number of carbonyl (C=O) groups is 1. The van der Waals surface area contributed by atoms with Crippen molar-refractivity contribution in [3.05, 3.63) is 24.2 Å². The molecule has 1 unspecified atom stereocenters. The number of rotatable bonds is 5. The lowest BCUT2D eigenvalue weighted by Gasteiger charge is -2.25. The van der Waals surface area contributed by atoms with Gasteiger partial charge in [0.25, 0.3) is 0 Å². The minimum atomic E-state index is -1.00. The third kappa shape index (κ3) is 2.77. The Labute approximate surface area is 99.5 Å². The topological polar surface area (TPSA) is 101 Å². The molecule has 17 heavy (non-hydrogen) atoms. The molecule has 0 saturated heterocycles. The molecular weight excluding hydrogens is 222 g/mol. The van der Waals surface area contributed by atoms with Gasteiger partial charge in [0.15, 0.2) is 5.84 Å². The third-order valence-corrected chi connectivity index (χ3v) is 2.91. The molecule has 0 aliphatic heterocycles. The van der Waals surface area contributed by atoms with Crippen molar-refractivity contribution < 1.29 is 14.4 Å². The van der Waals surface area contributed by atoms with Crippen molar-refractivity contribution in [2.24, 2.45) is 16.3 Å². The highest BCUT2D eigenvalue weighted by Gasteiger charge is 2.36. The zero-order valence-corrected chi connectivity index (χ0v) is 9.93. The largest absolute Gasteiger partial charge is 0.472 e. The number of nitrogens with zero attached hydrogens (tertiary/aromatic N) is 1. The van der Waals surface area contributed by atoms with Gasteiger partial charge in [-0.25, -0.2) is 0 Å². The molecule has 4 N–H and O–H groups in total. The average Bonchev–Trinajstić information content (AvgIpc) is 2.86. The number of amidine groups is 1. The van der Waals surface area contributed by atoms with Crippen LogP contribution in [-0.2, 0) is 11.3 Å². The first kappa shape index (κ1) is 13.1. The molecule has 94 valence electrons. The molecule has 6 nitrogen and oxygen atoms in total. The zero-order chi connectivity index (χ0) is 12.9. The first-order chi connectivity index (χ1) is 8.04. The van der Waals surface area contributed by atoms with Crippen molar-refractivity contribution in [1.82, 2.24) is 5.32 Å². The number of nitrogens with two attached hydrogens (primary N) is 1. The van der Waals surface area contributed by atoms with Gasteiger partial charge in [0.05, 0.1) is 12.5 Å². The summed E-state index contributed by atoms with van der Waals surface area (Å²) in [5, 5.41) is 14.3. The lowest BCUT2D eigenvalue weighted by molar-refractivity contribution is -0.127. The highest BCUT2D eigenvalue weighted by molar-refractivity contribution is 6.06. The number of nitrogens with one attached hydrogen (secondary N) is 1. The summed E-state index contributed by atoms with van der Waals surface area (Å²) in [5.74, 6) is -0.374. The van der Waals surface area contributed by atoms with E-state index in [0.29, 0.717) is 13.0 Å². The fraction of sp³-hybridized carbons (Fsp3) is 0.455. The van der Waals surface area contributed by atoms with Crippen molar-refractivity contribution >= 4 is 11.7 Å². The number of oxime groups is 1. The molecule has 0 spiro atoms. The van der Waals surface area contributed by atoms with Gasteiger partial charge in [-0.1, -0.05) is 12.1 Å². The van der Waals surface area contributed by atoms with Crippen molar-refractivity contribution in [3.63, 3.8) is 0 Å². The van der Waals surface area contributed by atoms with Gasteiger partial charge in [0.2, 0.25) is 5.91 Å². The van der Waals surface area contributed by atoms with Crippen molar-refractivity contribution in [3.8, 4) is 0 Å². The molecule has 1 heterocycles. The molecule has 0 saturated carbocycles. The molecule has 1 aromatic rings. The van der Waals surface area contributed by atoms with Gasteiger partial charge in [-0.2, -0.15) is 0 Å². The third-order valence-electron chi connectivity index (χ3n) is 2.91. The summed E-state index contributed by atoms with van der Waals surface area (Å²) in [5.41, 5.74) is 5.39. The zero-order valence-electron chi connectivity index (χ0n) is 9.93. The Hall–Kier alpha value is -1.98. The van der Waals surface area contributed by atoms with Crippen LogP contribution in [0.3, 0.4) is 0 Å². The van der Waals surface area contributed by atoms with Crippen LogP contribution < -0.4 is 11.1 Å². The van der Waals surface area contributed by atoms with Crippen molar-refractivity contribution in [2.45, 2.75) is 26.8 Å². The maximum Gasteiger partial charge on any atom is 0.233 e. The maximum atomic E-state index is 12.0. The predicted molar refractivity (Wildman–Crippen MR) is 62.4 cm³/mol. The van der Waals surface area contributed by atoms with Gasteiger partial charge in [0.1, 0.15) is 5.41 Å². The summed E-state index contributed by atoms with van der Waals surface area (Å²) < 4.78 is 4.89. The Morgan fingerprint density at radius 1 is 1.71 bits per heavy atom. The Morgan fingerprint density at radius 3 is 2.88 bits per heavy atom. The van der Waals surface area contributed by atoms with Crippen molar-refractivity contribution in [2.75, 3.05) is 0 Å². The van der Waals surface area contributed by atoms with Gasteiger partial charge in [0, 0.05) is 12.1 Å². The SMILES string of the molecule is CCC(C)(C(=O)NCc1ccoc1)/C(N)=N/O. The smallest absolute Gasteiger partial charge is 0.233 e. The monoisotopic (exact) mass is 239 g/mol. The lowest BCUT2D eigenvalue weighted by Crippen LogP contribution is -2.47. The van der Waals surface area contributed by atoms with Crippen molar-refractivity contribution in [1.29, 1.82) is 0 Å². The molecule has 6 heteroatoms. The number of hydrogen-bond donors (Lipinski definition) is 3. The molecular formula is C11H17N3O3. The molecule has 0 fully saturated rings. The molecule has 0 radical (unpaired) electrons. The highest BCUT2D eigenvalue weighted by Crippen LogP contribution is 2.21. The van der Waals surface area contributed by atoms with Crippen LogP contribution in [0.15, 0.2) is 28.2 Å². The first-order valence-electron chi connectivity index (χ1n) is 5.32. The van der Waals surface area contributed by atoms with Gasteiger partial charge in [-0.3, -0.25) is 4.79 Å². The molecule has 0 aliphatic carbocycles. The van der Waals surface area contributed by atoms with E-state index in [1.54, 1.807) is 26.2 Å². The molecule has 1 aromatic heterocycles. The summed E-state index contributed by atoms with van der Waals surface area (Å²) in [6, 6.07) is 1.76. The second-order valence-corrected chi connectivity index (χ2v) is 3.99. The van der Waals surface area contributed by atoms with Crippen LogP contribution >= 0.6 is 0 Å². The summed E-state index contributed by atoms with van der Waals surface area (Å²) >= 11 is 0. The van der Waals surface area contributed by atoms with Crippen LogP contribution in [0.5, 0.6) is 0 Å². The van der Waals surface area contributed by atoms with Gasteiger partial charge < -0.3 is 20.7 Å². The Balaban J connectivity index is 2.67. The Bertz CT molecular complexity index is 400. The fourth-order valence-electron chi connectivity index (χ4n) is 1.34. The normalized spacial score (nSPS) is 15.3. The van der Waals surface area contributed by atoms with Crippen LogP contribution in [0.4, 0.5) is 0 Å². The maximum absolute atomic E-state index is 12.0. The van der Waals surface area contributed by atoms with E-state index in [4.69, 9.17) is 15.4 Å². The number of furan rings is 1. The molecule has 1 rings (SSSR count). The molecule has 1 amide bonds. The standard InChI is InChI=1S/C11H17N3O3/c1-3-11(2,9(12)14-16)10(15)13-6-8-4-5-17-7-8/h4-5,7,16H,3,6H2,1-2H3,(H2,12,14)(H,13,15). The summed E-state index contributed by atoms with van der Waals surface area (Å²) in [6.45, 7) is 3.78. The molecule has 0 bridgehead atoms. The van der Waals surface area contributed by atoms with E-state index in [1.807, 2.05) is 0 Å². The summed E-state index contributed by atoms with van der Waals surface area (Å²) in [7, 11) is 0. The van der Waals surface area contributed by atoms with E-state index in [9.17, 15) is 4.79 Å². The minimum Gasteiger partial charge on any atom is -0.472 e. The fourth-order valence-corrected chi connectivity index (χ4v) is 1.34. The van der Waals surface area contributed by atoms with Gasteiger partial charge >= 0.3 is 0 Å². The van der Waals surface area contributed by atoms with E-state index in [-0.39, 0.29) is 11.7 Å². The average molecular weight is 239 g/mol. The summed E-state index contributed by atoms with van der Waals surface area (Å²) in [4.78, 5) is 12.0. The number of carbonyl (C=O) groups excluding carboxylic acids is 1. The van der Waals surface area contributed by atoms with E-state index in [2.05, 4.69) is 10.5 Å². The van der Waals surface area contributed by atoms with E-state index < -0.39 is 5.41 Å². The van der Waals surface area contributed by atoms with Crippen LogP contribution in [0.25, 0.3) is 0 Å². The molecule has 0 aromatic carbocycles. The minimum absolute atomic E-state index is 0.0929. The van der Waals surface area contributed by atoms with E-state index in [0.717, 1.165) is 5.56 Å². The van der Waals surface area contributed by atoms with Gasteiger partial charge in [-0.05, 0) is 19.4 Å². The second-order valence-electron chi connectivity index (χ2n) is 3.99.